The first-order valence-corrected chi connectivity index (χ1v) is 10.0. The van der Waals surface area contributed by atoms with Crippen LogP contribution in [0.1, 0.15) is 38.7 Å². The zero-order chi connectivity index (χ0) is 21.7. The van der Waals surface area contributed by atoms with Crippen LogP contribution in [0.5, 0.6) is 0 Å². The molecule has 0 aliphatic carbocycles. The number of hydrogen-bond acceptors (Lipinski definition) is 5. The largest absolute Gasteiger partial charge is 0.453 e. The average molecular weight is 410 g/mol. The number of aliphatic imine (C=N–C) groups is 1. The average Bonchev–Trinajstić information content (AvgIpc) is 3.41. The summed E-state index contributed by atoms with van der Waals surface area (Å²) in [6, 6.07) is 6.63. The molecule has 1 saturated heterocycles. The Bertz CT molecular complexity index is 915. The van der Waals surface area contributed by atoms with Gasteiger partial charge < -0.3 is 15.0 Å². The van der Waals surface area contributed by atoms with Gasteiger partial charge in [-0.1, -0.05) is 43.2 Å². The lowest BCUT2D eigenvalue weighted by Gasteiger charge is -2.31. The molecule has 3 rings (SSSR count). The van der Waals surface area contributed by atoms with Crippen molar-refractivity contribution in [2.45, 2.75) is 45.2 Å². The van der Waals surface area contributed by atoms with E-state index in [1.165, 1.54) is 7.11 Å². The standard InChI is InChI=1S/C21H26N6O3/c1-13(2)19(24-21(29)30-3)20(28)27-10-4-5-18(27)17-11-15(12-23-17)14-6-8-16(9-7-14)25-26-22/h6-9,12-13,18-19H,4-5,10-11H2,1-3H3,(H,24,29)/t18-,19-/m0/s1. The third-order valence-electron chi connectivity index (χ3n) is 5.47. The molecule has 1 fully saturated rings. The number of nitrogens with zero attached hydrogens (tertiary/aromatic N) is 5. The maximum Gasteiger partial charge on any atom is 0.407 e. The van der Waals surface area contributed by atoms with Gasteiger partial charge in [-0.25, -0.2) is 4.79 Å². The summed E-state index contributed by atoms with van der Waals surface area (Å²) in [6.07, 6.45) is 3.64. The van der Waals surface area contributed by atoms with Gasteiger partial charge in [-0.3, -0.25) is 9.79 Å². The number of allylic oxidation sites excluding steroid dienone is 1. The molecule has 1 aromatic rings. The number of carbonyl (C=O) groups is 2. The highest BCUT2D eigenvalue weighted by atomic mass is 16.5. The van der Waals surface area contributed by atoms with E-state index >= 15 is 0 Å². The summed E-state index contributed by atoms with van der Waals surface area (Å²) in [6.45, 7) is 4.44. The molecule has 2 atom stereocenters. The van der Waals surface area contributed by atoms with E-state index in [9.17, 15) is 9.59 Å². The second kappa shape index (κ2) is 9.45. The molecule has 2 heterocycles. The van der Waals surface area contributed by atoms with Crippen LogP contribution in [0.2, 0.25) is 0 Å². The quantitative estimate of drug-likeness (QED) is 0.430. The van der Waals surface area contributed by atoms with Crippen LogP contribution in [0.25, 0.3) is 16.0 Å². The fourth-order valence-electron chi connectivity index (χ4n) is 3.88. The molecule has 2 amide bonds. The third kappa shape index (κ3) is 4.63. The lowest BCUT2D eigenvalue weighted by Crippen LogP contribution is -2.53. The van der Waals surface area contributed by atoms with Crippen molar-refractivity contribution in [3.63, 3.8) is 0 Å². The molecule has 0 unspecified atom stereocenters. The van der Waals surface area contributed by atoms with Gasteiger partial charge in [-0.2, -0.15) is 0 Å². The number of alkyl carbamates (subject to hydrolysis) is 1. The molecule has 9 heteroatoms. The van der Waals surface area contributed by atoms with Gasteiger partial charge in [0.2, 0.25) is 5.91 Å². The van der Waals surface area contributed by atoms with Crippen LogP contribution in [0.15, 0.2) is 40.6 Å². The molecule has 9 nitrogen and oxygen atoms in total. The van der Waals surface area contributed by atoms with Gasteiger partial charge in [0.15, 0.2) is 0 Å². The molecule has 158 valence electrons. The second-order valence-corrected chi connectivity index (χ2v) is 7.74. The van der Waals surface area contributed by atoms with E-state index in [1.807, 2.05) is 37.1 Å². The number of likely N-dealkylation sites (tertiary alicyclic amines) is 1. The third-order valence-corrected chi connectivity index (χ3v) is 5.47. The molecule has 2 aliphatic heterocycles. The number of rotatable bonds is 6. The van der Waals surface area contributed by atoms with E-state index in [0.29, 0.717) is 18.7 Å². The highest BCUT2D eigenvalue weighted by Gasteiger charge is 2.38. The highest BCUT2D eigenvalue weighted by molar-refractivity contribution is 6.03. The maximum absolute atomic E-state index is 13.2. The number of azide groups is 1. The fourth-order valence-corrected chi connectivity index (χ4v) is 3.88. The van der Waals surface area contributed by atoms with Crippen molar-refractivity contribution in [2.24, 2.45) is 16.0 Å². The maximum atomic E-state index is 13.2. The van der Waals surface area contributed by atoms with E-state index in [4.69, 9.17) is 5.53 Å². The summed E-state index contributed by atoms with van der Waals surface area (Å²) < 4.78 is 4.68. The molecule has 0 radical (unpaired) electrons. The SMILES string of the molecule is COC(=O)N[C@H](C(=O)N1CCC[C@H]1C1=NC=C(c2ccc(N=[N+]=[N-])cc2)C1)C(C)C. The molecular formula is C21H26N6O3. The Balaban J connectivity index is 1.69. The Morgan fingerprint density at radius 1 is 1.33 bits per heavy atom. The van der Waals surface area contributed by atoms with E-state index < -0.39 is 12.1 Å². The van der Waals surface area contributed by atoms with Gasteiger partial charge in [0.25, 0.3) is 0 Å². The van der Waals surface area contributed by atoms with E-state index in [0.717, 1.165) is 29.7 Å². The van der Waals surface area contributed by atoms with E-state index in [1.54, 1.807) is 12.1 Å². The molecule has 0 saturated carbocycles. The van der Waals surface area contributed by atoms with Gasteiger partial charge in [0, 0.05) is 35.5 Å². The van der Waals surface area contributed by atoms with Gasteiger partial charge in [-0.05, 0) is 35.4 Å². The van der Waals surface area contributed by atoms with E-state index in [2.05, 4.69) is 25.1 Å². The Morgan fingerprint density at radius 2 is 2.07 bits per heavy atom. The Labute approximate surface area is 175 Å². The summed E-state index contributed by atoms with van der Waals surface area (Å²) in [7, 11) is 1.29. The molecule has 0 aromatic heterocycles. The number of hydrogen-bond donors (Lipinski definition) is 1. The predicted molar refractivity (Wildman–Crippen MR) is 114 cm³/mol. The fraction of sp³-hybridized carbons (Fsp3) is 0.476. The van der Waals surface area contributed by atoms with Crippen LogP contribution in [-0.4, -0.2) is 48.4 Å². The molecule has 0 bridgehead atoms. The number of benzene rings is 1. The Kier molecular flexibility index (Phi) is 6.74. The number of nitrogens with one attached hydrogen (secondary N) is 1. The van der Waals surface area contributed by atoms with Gasteiger partial charge >= 0.3 is 6.09 Å². The number of methoxy groups -OCH3 is 1. The topological polar surface area (TPSA) is 120 Å². The molecule has 0 spiro atoms. The number of amides is 2. The molecule has 1 aromatic carbocycles. The first kappa shape index (κ1) is 21.4. The van der Waals surface area contributed by atoms with Crippen LogP contribution in [-0.2, 0) is 9.53 Å². The van der Waals surface area contributed by atoms with Crippen LogP contribution < -0.4 is 5.32 Å². The monoisotopic (exact) mass is 410 g/mol. The minimum Gasteiger partial charge on any atom is -0.453 e. The zero-order valence-corrected chi connectivity index (χ0v) is 17.4. The first-order chi connectivity index (χ1) is 14.4. The van der Waals surface area contributed by atoms with Crippen molar-refractivity contribution >= 4 is 29.0 Å². The lowest BCUT2D eigenvalue weighted by molar-refractivity contribution is -0.134. The van der Waals surface area contributed by atoms with Crippen LogP contribution in [0.3, 0.4) is 0 Å². The number of ether oxygens (including phenoxy) is 1. The summed E-state index contributed by atoms with van der Waals surface area (Å²) in [5.74, 6) is -0.167. The second-order valence-electron chi connectivity index (χ2n) is 7.74. The van der Waals surface area contributed by atoms with Crippen molar-refractivity contribution in [1.29, 1.82) is 0 Å². The normalized spacial score (nSPS) is 19.1. The van der Waals surface area contributed by atoms with Crippen molar-refractivity contribution in [3.05, 3.63) is 46.5 Å². The molecule has 1 N–H and O–H groups in total. The summed E-state index contributed by atoms with van der Waals surface area (Å²) in [5.41, 5.74) is 12.1. The zero-order valence-electron chi connectivity index (χ0n) is 17.4. The van der Waals surface area contributed by atoms with Gasteiger partial charge in [-0.15, -0.1) is 0 Å². The van der Waals surface area contributed by atoms with Crippen LogP contribution >= 0.6 is 0 Å². The molecule has 2 aliphatic rings. The predicted octanol–water partition coefficient (Wildman–Crippen LogP) is 4.19. The summed E-state index contributed by atoms with van der Waals surface area (Å²) >= 11 is 0. The first-order valence-electron chi connectivity index (χ1n) is 10.0. The highest BCUT2D eigenvalue weighted by Crippen LogP contribution is 2.31. The van der Waals surface area contributed by atoms with Crippen molar-refractivity contribution in [1.82, 2.24) is 10.2 Å². The van der Waals surface area contributed by atoms with Crippen LogP contribution in [0, 0.1) is 5.92 Å². The Morgan fingerprint density at radius 3 is 2.70 bits per heavy atom. The summed E-state index contributed by atoms with van der Waals surface area (Å²) in [5, 5.41) is 6.25. The summed E-state index contributed by atoms with van der Waals surface area (Å²) in [4.78, 5) is 34.1. The Hall–Kier alpha value is -3.32. The number of carbonyl (C=O) groups excluding carboxylic acids is 2. The molecular weight excluding hydrogens is 384 g/mol. The van der Waals surface area contributed by atoms with E-state index in [-0.39, 0.29) is 17.9 Å². The minimum atomic E-state index is -0.638. The van der Waals surface area contributed by atoms with Crippen molar-refractivity contribution in [2.75, 3.05) is 13.7 Å². The van der Waals surface area contributed by atoms with Crippen molar-refractivity contribution in [3.8, 4) is 0 Å². The smallest absolute Gasteiger partial charge is 0.407 e. The minimum absolute atomic E-state index is 0.0633. The molecule has 30 heavy (non-hydrogen) atoms. The van der Waals surface area contributed by atoms with Crippen molar-refractivity contribution < 1.29 is 14.3 Å². The van der Waals surface area contributed by atoms with Gasteiger partial charge in [0.1, 0.15) is 6.04 Å². The lowest BCUT2D eigenvalue weighted by atomic mass is 9.97. The van der Waals surface area contributed by atoms with Gasteiger partial charge in [0.05, 0.1) is 13.2 Å². The van der Waals surface area contributed by atoms with Crippen LogP contribution in [0.4, 0.5) is 10.5 Å².